The van der Waals surface area contributed by atoms with Crippen LogP contribution in [-0.4, -0.2) is 19.9 Å². The molecular weight excluding hydrogens is 417 g/mol. The number of nitrogens with one attached hydrogen (secondary N) is 3. The predicted molar refractivity (Wildman–Crippen MR) is 119 cm³/mol. The van der Waals surface area contributed by atoms with E-state index in [1.807, 2.05) is 43.3 Å². The lowest BCUT2D eigenvalue weighted by Gasteiger charge is -2.16. The molecule has 0 atom stereocenters. The Hall–Kier alpha value is -4.01. The predicted octanol–water partition coefficient (Wildman–Crippen LogP) is 5.68. The quantitative estimate of drug-likeness (QED) is 0.291. The Bertz CT molecular complexity index is 1450. The fourth-order valence-corrected chi connectivity index (χ4v) is 3.87. The van der Waals surface area contributed by atoms with Crippen LogP contribution in [-0.2, 0) is 12.6 Å². The van der Waals surface area contributed by atoms with Crippen LogP contribution in [0.25, 0.3) is 21.8 Å². The number of hydrogen-bond donors (Lipinski definition) is 4. The molecule has 6 nitrogen and oxygen atoms in total. The maximum Gasteiger partial charge on any atom is 0.433 e. The lowest BCUT2D eigenvalue weighted by Crippen LogP contribution is -2.17. The fourth-order valence-electron chi connectivity index (χ4n) is 3.87. The van der Waals surface area contributed by atoms with E-state index in [0.717, 1.165) is 27.5 Å². The number of alkyl halides is 3. The van der Waals surface area contributed by atoms with Crippen LogP contribution in [0.5, 0.6) is 0 Å². The van der Waals surface area contributed by atoms with Crippen molar-refractivity contribution in [1.82, 2.24) is 19.9 Å². The second kappa shape index (κ2) is 7.30. The molecule has 2 aromatic carbocycles. The molecule has 3 heterocycles. The second-order valence-corrected chi connectivity index (χ2v) is 7.71. The molecule has 9 heteroatoms. The summed E-state index contributed by atoms with van der Waals surface area (Å²) in [5.74, 6) is -0.408. The van der Waals surface area contributed by atoms with Gasteiger partial charge < -0.3 is 21.0 Å². The molecule has 0 saturated carbocycles. The molecule has 5 aromatic rings. The van der Waals surface area contributed by atoms with Gasteiger partial charge in [0.15, 0.2) is 5.69 Å². The number of aromatic nitrogens is 4. The van der Waals surface area contributed by atoms with Gasteiger partial charge in [0.25, 0.3) is 0 Å². The molecule has 0 saturated heterocycles. The highest BCUT2D eigenvalue weighted by Crippen LogP contribution is 2.35. The number of aromatic amines is 2. The van der Waals surface area contributed by atoms with Gasteiger partial charge in [-0.2, -0.15) is 18.2 Å². The van der Waals surface area contributed by atoms with E-state index in [9.17, 15) is 13.2 Å². The normalized spacial score (nSPS) is 12.0. The third kappa shape index (κ3) is 3.73. The van der Waals surface area contributed by atoms with Crippen LogP contribution < -0.4 is 11.1 Å². The van der Waals surface area contributed by atoms with Crippen molar-refractivity contribution < 1.29 is 13.2 Å². The molecule has 0 aliphatic rings. The van der Waals surface area contributed by atoms with E-state index in [1.54, 1.807) is 18.3 Å². The molecule has 0 bridgehead atoms. The summed E-state index contributed by atoms with van der Waals surface area (Å²) in [6, 6.07) is 14.6. The third-order valence-corrected chi connectivity index (χ3v) is 5.32. The Balaban J connectivity index is 1.51. The van der Waals surface area contributed by atoms with Crippen LogP contribution in [0.4, 0.5) is 30.6 Å². The maximum absolute atomic E-state index is 13.9. The lowest BCUT2D eigenvalue weighted by atomic mass is 10.0. The second-order valence-electron chi connectivity index (χ2n) is 7.71. The number of H-pyrrole nitrogens is 2. The van der Waals surface area contributed by atoms with Crippen LogP contribution in [0.3, 0.4) is 0 Å². The van der Waals surface area contributed by atoms with E-state index in [2.05, 4.69) is 25.3 Å². The number of nitrogens with zero attached hydrogens (tertiary/aromatic N) is 2. The zero-order valence-corrected chi connectivity index (χ0v) is 17.0. The number of halogens is 3. The third-order valence-electron chi connectivity index (χ3n) is 5.32. The van der Waals surface area contributed by atoms with E-state index >= 15 is 0 Å². The largest absolute Gasteiger partial charge is 0.433 e. The number of rotatable bonds is 4. The smallest absolute Gasteiger partial charge is 0.383 e. The zero-order valence-electron chi connectivity index (χ0n) is 17.0. The average Bonchev–Trinajstić information content (AvgIpc) is 3.33. The maximum atomic E-state index is 13.9. The molecule has 3 aromatic heterocycles. The summed E-state index contributed by atoms with van der Waals surface area (Å²) in [6.45, 7) is 1.93. The minimum absolute atomic E-state index is 0.0311. The van der Waals surface area contributed by atoms with Crippen molar-refractivity contribution in [3.8, 4) is 0 Å². The Kier molecular flexibility index (Phi) is 4.54. The standard InChI is InChI=1S/C23H19F3N6/c1-12-8-15-11-16(3-5-19(15)29-12)30-22-31-20(23(24,25)26)17(21(27)32-22)10-13-2-4-18-14(9-13)6-7-28-18/h2-9,11,28-29H,10H2,1H3,(H3,27,30,31,32). The first-order chi connectivity index (χ1) is 15.3. The van der Waals surface area contributed by atoms with E-state index < -0.39 is 11.9 Å². The molecule has 0 aliphatic carbocycles. The van der Waals surface area contributed by atoms with E-state index in [4.69, 9.17) is 5.73 Å². The molecule has 162 valence electrons. The van der Waals surface area contributed by atoms with Crippen LogP contribution in [0.15, 0.2) is 54.7 Å². The van der Waals surface area contributed by atoms with Gasteiger partial charge in [-0.1, -0.05) is 6.07 Å². The molecule has 0 aliphatic heterocycles. The molecule has 0 unspecified atom stereocenters. The Labute approximate surface area is 180 Å². The molecular formula is C23H19F3N6. The van der Waals surface area contributed by atoms with E-state index in [-0.39, 0.29) is 23.8 Å². The molecule has 0 radical (unpaired) electrons. The Morgan fingerprint density at radius 3 is 2.59 bits per heavy atom. The monoisotopic (exact) mass is 436 g/mol. The fraction of sp³-hybridized carbons (Fsp3) is 0.130. The number of anilines is 3. The van der Waals surface area contributed by atoms with Crippen LogP contribution >= 0.6 is 0 Å². The lowest BCUT2D eigenvalue weighted by molar-refractivity contribution is -0.141. The summed E-state index contributed by atoms with van der Waals surface area (Å²) in [5.41, 5.74) is 8.89. The molecule has 5 rings (SSSR count). The van der Waals surface area contributed by atoms with Crippen molar-refractivity contribution in [2.24, 2.45) is 0 Å². The van der Waals surface area contributed by atoms with Gasteiger partial charge in [-0.05, 0) is 60.3 Å². The van der Waals surface area contributed by atoms with Crippen molar-refractivity contribution >= 4 is 39.3 Å². The first-order valence-corrected chi connectivity index (χ1v) is 9.92. The first kappa shape index (κ1) is 19.9. The topological polar surface area (TPSA) is 95.4 Å². The highest BCUT2D eigenvalue weighted by atomic mass is 19.4. The van der Waals surface area contributed by atoms with Crippen molar-refractivity contribution in [3.05, 3.63) is 77.2 Å². The molecule has 0 amide bonds. The molecule has 0 fully saturated rings. The van der Waals surface area contributed by atoms with Crippen LogP contribution in [0, 0.1) is 6.92 Å². The van der Waals surface area contributed by atoms with Crippen molar-refractivity contribution in [2.75, 3.05) is 11.1 Å². The summed E-state index contributed by atoms with van der Waals surface area (Å²) in [7, 11) is 0. The highest BCUT2D eigenvalue weighted by Gasteiger charge is 2.37. The number of fused-ring (bicyclic) bond motifs is 2. The van der Waals surface area contributed by atoms with Gasteiger partial charge >= 0.3 is 6.18 Å². The van der Waals surface area contributed by atoms with Gasteiger partial charge in [-0.25, -0.2) is 4.98 Å². The number of nitrogen functional groups attached to an aromatic ring is 1. The molecule has 5 N–H and O–H groups in total. The van der Waals surface area contributed by atoms with Crippen molar-refractivity contribution in [2.45, 2.75) is 19.5 Å². The Morgan fingerprint density at radius 2 is 1.78 bits per heavy atom. The SMILES string of the molecule is Cc1cc2cc(Nc3nc(N)c(Cc4ccc5[nH]ccc5c4)c(C(F)(F)F)n3)ccc2[nH]1. The van der Waals surface area contributed by atoms with Crippen molar-refractivity contribution in [3.63, 3.8) is 0 Å². The van der Waals surface area contributed by atoms with Crippen molar-refractivity contribution in [1.29, 1.82) is 0 Å². The number of hydrogen-bond acceptors (Lipinski definition) is 4. The minimum Gasteiger partial charge on any atom is -0.383 e. The minimum atomic E-state index is -4.68. The summed E-state index contributed by atoms with van der Waals surface area (Å²) < 4.78 is 41.6. The summed E-state index contributed by atoms with van der Waals surface area (Å²) in [6.07, 6.45) is -2.93. The summed E-state index contributed by atoms with van der Waals surface area (Å²) in [4.78, 5) is 14.2. The number of nitrogens with two attached hydrogens (primary N) is 1. The van der Waals surface area contributed by atoms with E-state index in [1.165, 1.54) is 0 Å². The van der Waals surface area contributed by atoms with Crippen LogP contribution in [0.1, 0.15) is 22.5 Å². The van der Waals surface area contributed by atoms with Gasteiger partial charge in [-0.3, -0.25) is 0 Å². The summed E-state index contributed by atoms with van der Waals surface area (Å²) >= 11 is 0. The van der Waals surface area contributed by atoms with Gasteiger partial charge in [-0.15, -0.1) is 0 Å². The van der Waals surface area contributed by atoms with Gasteiger partial charge in [0.05, 0.1) is 0 Å². The summed E-state index contributed by atoms with van der Waals surface area (Å²) in [5, 5.41) is 4.68. The van der Waals surface area contributed by atoms with Gasteiger partial charge in [0, 0.05) is 46.0 Å². The molecule has 0 spiro atoms. The number of aryl methyl sites for hydroxylation is 1. The Morgan fingerprint density at radius 1 is 0.969 bits per heavy atom. The van der Waals surface area contributed by atoms with Crippen LogP contribution in [0.2, 0.25) is 0 Å². The number of benzene rings is 2. The first-order valence-electron chi connectivity index (χ1n) is 9.92. The zero-order chi connectivity index (χ0) is 22.5. The highest BCUT2D eigenvalue weighted by molar-refractivity contribution is 5.84. The molecule has 32 heavy (non-hydrogen) atoms. The average molecular weight is 436 g/mol. The van der Waals surface area contributed by atoms with Gasteiger partial charge in [0.1, 0.15) is 5.82 Å². The van der Waals surface area contributed by atoms with Gasteiger partial charge in [0.2, 0.25) is 5.95 Å². The van der Waals surface area contributed by atoms with E-state index in [0.29, 0.717) is 11.3 Å².